The molecular formula is C17H20N2O3S. The van der Waals surface area contributed by atoms with E-state index in [1.807, 2.05) is 37.3 Å². The maximum Gasteiger partial charge on any atom is 0.240 e. The molecule has 0 fully saturated rings. The highest BCUT2D eigenvalue weighted by Crippen LogP contribution is 2.30. The monoisotopic (exact) mass is 332 g/mol. The van der Waals surface area contributed by atoms with Crippen molar-refractivity contribution >= 4 is 10.0 Å². The van der Waals surface area contributed by atoms with Crippen molar-refractivity contribution in [3.63, 3.8) is 0 Å². The van der Waals surface area contributed by atoms with Crippen molar-refractivity contribution in [3.05, 3.63) is 59.7 Å². The Morgan fingerprint density at radius 3 is 2.74 bits per heavy atom. The first-order chi connectivity index (χ1) is 11.0. The summed E-state index contributed by atoms with van der Waals surface area (Å²) in [7, 11) is -3.59. The average molecular weight is 332 g/mol. The lowest BCUT2D eigenvalue weighted by Gasteiger charge is -2.14. The predicted octanol–water partition coefficient (Wildman–Crippen LogP) is 1.99. The third-order valence-corrected chi connectivity index (χ3v) is 5.32. The van der Waals surface area contributed by atoms with Gasteiger partial charge in [0.2, 0.25) is 10.0 Å². The molecule has 5 nitrogen and oxygen atoms in total. The summed E-state index contributed by atoms with van der Waals surface area (Å²) in [5.74, 6) is 0.762. The molecule has 23 heavy (non-hydrogen) atoms. The first kappa shape index (κ1) is 16.0. The van der Waals surface area contributed by atoms with E-state index in [9.17, 15) is 8.42 Å². The van der Waals surface area contributed by atoms with Crippen LogP contribution in [0.4, 0.5) is 0 Å². The van der Waals surface area contributed by atoms with Crippen molar-refractivity contribution in [2.75, 3.05) is 6.54 Å². The van der Waals surface area contributed by atoms with Crippen molar-refractivity contribution < 1.29 is 13.2 Å². The van der Waals surface area contributed by atoms with E-state index in [0.29, 0.717) is 0 Å². The molecule has 2 aromatic carbocycles. The number of nitrogens with two attached hydrogens (primary N) is 1. The fraction of sp³-hybridized carbons (Fsp3) is 0.294. The second-order valence-corrected chi connectivity index (χ2v) is 7.54. The molecule has 0 aromatic heterocycles. The third kappa shape index (κ3) is 3.55. The van der Waals surface area contributed by atoms with Gasteiger partial charge in [0.05, 0.1) is 4.90 Å². The van der Waals surface area contributed by atoms with Crippen LogP contribution >= 0.6 is 0 Å². The number of sulfonamides is 1. The standard InChI is InChI=1S/C17H20N2O3S/c1-12-9-14-10-15(7-8-17(14)22-12)23(20,21)19-11-16(18)13-5-3-2-4-6-13/h2-8,10,12,16,19H,9,11,18H2,1H3/t12-,16+/m1/s1. The van der Waals surface area contributed by atoms with Gasteiger partial charge in [-0.2, -0.15) is 0 Å². The first-order valence-corrected chi connectivity index (χ1v) is 9.04. The zero-order chi connectivity index (χ0) is 16.4. The molecule has 2 aromatic rings. The molecule has 0 radical (unpaired) electrons. The summed E-state index contributed by atoms with van der Waals surface area (Å²) in [6.45, 7) is 2.11. The lowest BCUT2D eigenvalue weighted by Crippen LogP contribution is -2.32. The van der Waals surface area contributed by atoms with Gasteiger partial charge >= 0.3 is 0 Å². The van der Waals surface area contributed by atoms with Crippen LogP contribution in [0.15, 0.2) is 53.4 Å². The minimum absolute atomic E-state index is 0.0856. The van der Waals surface area contributed by atoms with Crippen molar-refractivity contribution in [1.29, 1.82) is 0 Å². The van der Waals surface area contributed by atoms with Crippen LogP contribution in [0.3, 0.4) is 0 Å². The molecule has 0 aliphatic carbocycles. The van der Waals surface area contributed by atoms with Crippen LogP contribution in [0.1, 0.15) is 24.1 Å². The molecule has 0 bridgehead atoms. The van der Waals surface area contributed by atoms with E-state index in [0.717, 1.165) is 23.3 Å². The zero-order valence-corrected chi connectivity index (χ0v) is 13.7. The number of hydrogen-bond acceptors (Lipinski definition) is 4. The molecule has 6 heteroatoms. The topological polar surface area (TPSA) is 81.4 Å². The number of nitrogens with one attached hydrogen (secondary N) is 1. The summed E-state index contributed by atoms with van der Waals surface area (Å²) < 4.78 is 33.1. The SMILES string of the molecule is C[C@@H]1Cc2cc(S(=O)(=O)NC[C@H](N)c3ccccc3)ccc2O1. The van der Waals surface area contributed by atoms with Crippen molar-refractivity contribution in [2.45, 2.75) is 30.4 Å². The van der Waals surface area contributed by atoms with Crippen LogP contribution in [0.5, 0.6) is 5.75 Å². The fourth-order valence-corrected chi connectivity index (χ4v) is 3.78. The van der Waals surface area contributed by atoms with E-state index >= 15 is 0 Å². The van der Waals surface area contributed by atoms with Gasteiger partial charge in [-0.05, 0) is 36.2 Å². The Balaban J connectivity index is 1.71. The molecule has 1 aliphatic rings. The number of rotatable bonds is 5. The van der Waals surface area contributed by atoms with Crippen LogP contribution < -0.4 is 15.2 Å². The van der Waals surface area contributed by atoms with Gasteiger partial charge in [0.25, 0.3) is 0 Å². The van der Waals surface area contributed by atoms with E-state index < -0.39 is 10.0 Å². The highest BCUT2D eigenvalue weighted by atomic mass is 32.2. The van der Waals surface area contributed by atoms with E-state index in [2.05, 4.69) is 4.72 Å². The first-order valence-electron chi connectivity index (χ1n) is 7.55. The smallest absolute Gasteiger partial charge is 0.240 e. The second-order valence-electron chi connectivity index (χ2n) is 5.77. The molecule has 3 N–H and O–H groups in total. The predicted molar refractivity (Wildman–Crippen MR) is 88.8 cm³/mol. The van der Waals surface area contributed by atoms with Crippen LogP contribution in [-0.4, -0.2) is 21.1 Å². The minimum Gasteiger partial charge on any atom is -0.490 e. The molecular weight excluding hydrogens is 312 g/mol. The fourth-order valence-electron chi connectivity index (χ4n) is 2.67. The minimum atomic E-state index is -3.59. The molecule has 3 rings (SSSR count). The Morgan fingerprint density at radius 1 is 1.26 bits per heavy atom. The number of fused-ring (bicyclic) bond motifs is 1. The van der Waals surface area contributed by atoms with E-state index in [4.69, 9.17) is 10.5 Å². The second kappa shape index (κ2) is 6.31. The Kier molecular flexibility index (Phi) is 4.39. The van der Waals surface area contributed by atoms with Gasteiger partial charge in [0.15, 0.2) is 0 Å². The Hall–Kier alpha value is -1.89. The summed E-state index contributed by atoms with van der Waals surface area (Å²) in [6.07, 6.45) is 0.810. The molecule has 0 saturated heterocycles. The number of ether oxygens (including phenoxy) is 1. The van der Waals surface area contributed by atoms with Gasteiger partial charge in [0.1, 0.15) is 11.9 Å². The maximum atomic E-state index is 12.4. The number of benzene rings is 2. The summed E-state index contributed by atoms with van der Waals surface area (Å²) >= 11 is 0. The average Bonchev–Trinajstić information content (AvgIpc) is 2.92. The van der Waals surface area contributed by atoms with Crippen molar-refractivity contribution in [1.82, 2.24) is 4.72 Å². The van der Waals surface area contributed by atoms with Crippen molar-refractivity contribution in [2.24, 2.45) is 5.73 Å². The lowest BCUT2D eigenvalue weighted by atomic mass is 10.1. The molecule has 122 valence electrons. The summed E-state index contributed by atoms with van der Waals surface area (Å²) in [6, 6.07) is 14.0. The van der Waals surface area contributed by atoms with Crippen LogP contribution in [0.25, 0.3) is 0 Å². The highest BCUT2D eigenvalue weighted by molar-refractivity contribution is 7.89. The molecule has 1 heterocycles. The van der Waals surface area contributed by atoms with Crippen LogP contribution in [-0.2, 0) is 16.4 Å². The van der Waals surface area contributed by atoms with Gasteiger partial charge in [-0.1, -0.05) is 30.3 Å². The summed E-state index contributed by atoms with van der Waals surface area (Å²) in [5.41, 5.74) is 7.86. The van der Waals surface area contributed by atoms with Gasteiger partial charge in [-0.3, -0.25) is 0 Å². The number of hydrogen-bond donors (Lipinski definition) is 2. The van der Waals surface area contributed by atoms with Gasteiger partial charge in [-0.25, -0.2) is 13.1 Å². The van der Waals surface area contributed by atoms with E-state index in [1.54, 1.807) is 18.2 Å². The largest absolute Gasteiger partial charge is 0.490 e. The van der Waals surface area contributed by atoms with Gasteiger partial charge in [-0.15, -0.1) is 0 Å². The van der Waals surface area contributed by atoms with Gasteiger partial charge < -0.3 is 10.5 Å². The van der Waals surface area contributed by atoms with Crippen LogP contribution in [0.2, 0.25) is 0 Å². The summed E-state index contributed by atoms with van der Waals surface area (Å²) in [4.78, 5) is 0.245. The molecule has 0 amide bonds. The normalized spacial score (nSPS) is 18.3. The molecule has 2 atom stereocenters. The summed E-state index contributed by atoms with van der Waals surface area (Å²) in [5, 5.41) is 0. The Morgan fingerprint density at radius 2 is 2.00 bits per heavy atom. The van der Waals surface area contributed by atoms with Crippen LogP contribution in [0, 0.1) is 0 Å². The quantitative estimate of drug-likeness (QED) is 0.877. The molecule has 0 saturated carbocycles. The van der Waals surface area contributed by atoms with Crippen molar-refractivity contribution in [3.8, 4) is 5.75 Å². The third-order valence-electron chi connectivity index (χ3n) is 3.90. The Bertz CT molecular complexity index is 791. The molecule has 1 aliphatic heterocycles. The van der Waals surface area contributed by atoms with E-state index in [1.165, 1.54) is 0 Å². The van der Waals surface area contributed by atoms with E-state index in [-0.39, 0.29) is 23.6 Å². The maximum absolute atomic E-state index is 12.4. The molecule has 0 unspecified atom stereocenters. The van der Waals surface area contributed by atoms with Gasteiger partial charge in [0, 0.05) is 19.0 Å². The highest BCUT2D eigenvalue weighted by Gasteiger charge is 2.23. The zero-order valence-electron chi connectivity index (χ0n) is 12.9. The Labute approximate surface area is 136 Å². The lowest BCUT2D eigenvalue weighted by molar-refractivity contribution is 0.254. The molecule has 0 spiro atoms.